The van der Waals surface area contributed by atoms with Crippen molar-refractivity contribution < 1.29 is 13.2 Å². The van der Waals surface area contributed by atoms with Gasteiger partial charge >= 0.3 is 0 Å². The molecule has 2 aromatic carbocycles. The van der Waals surface area contributed by atoms with Crippen LogP contribution in [0.3, 0.4) is 0 Å². The zero-order chi connectivity index (χ0) is 20.4. The van der Waals surface area contributed by atoms with Gasteiger partial charge in [0.15, 0.2) is 0 Å². The fourth-order valence-corrected chi connectivity index (χ4v) is 3.79. The second-order valence-electron chi connectivity index (χ2n) is 6.33. The molecular formula is C21H25ClN2O3S. The fourth-order valence-electron chi connectivity index (χ4n) is 2.52. The first kappa shape index (κ1) is 22.1. The van der Waals surface area contributed by atoms with Gasteiger partial charge in [-0.05, 0) is 48.4 Å². The summed E-state index contributed by atoms with van der Waals surface area (Å²) in [5.74, 6) is -0.329. The van der Waals surface area contributed by atoms with E-state index in [-0.39, 0.29) is 10.8 Å². The Bertz CT molecular complexity index is 910. The quantitative estimate of drug-likeness (QED) is 0.426. The van der Waals surface area contributed by atoms with E-state index in [9.17, 15) is 13.2 Å². The van der Waals surface area contributed by atoms with Crippen LogP contribution in [0, 0.1) is 0 Å². The first-order valence-corrected chi connectivity index (χ1v) is 11.1. The maximum atomic E-state index is 12.3. The first-order valence-electron chi connectivity index (χ1n) is 9.25. The van der Waals surface area contributed by atoms with E-state index in [0.717, 1.165) is 31.2 Å². The summed E-state index contributed by atoms with van der Waals surface area (Å²) in [6.45, 7) is 2.53. The summed E-state index contributed by atoms with van der Waals surface area (Å²) in [7, 11) is -3.54. The topological polar surface area (TPSA) is 75.3 Å². The third-order valence-corrected chi connectivity index (χ3v) is 5.90. The van der Waals surface area contributed by atoms with E-state index in [4.69, 9.17) is 11.6 Å². The van der Waals surface area contributed by atoms with Crippen LogP contribution < -0.4 is 10.0 Å². The Labute approximate surface area is 171 Å². The van der Waals surface area contributed by atoms with Crippen LogP contribution >= 0.6 is 11.6 Å². The Kier molecular flexibility index (Phi) is 8.70. The molecule has 1 amide bonds. The largest absolute Gasteiger partial charge is 0.323 e. The molecule has 2 aromatic rings. The summed E-state index contributed by atoms with van der Waals surface area (Å²) in [5, 5.41) is 3.25. The summed E-state index contributed by atoms with van der Waals surface area (Å²) >= 11 is 6.04. The smallest absolute Gasteiger partial charge is 0.248 e. The highest BCUT2D eigenvalue weighted by Gasteiger charge is 2.13. The molecule has 0 aliphatic carbocycles. The lowest BCUT2D eigenvalue weighted by molar-refractivity contribution is -0.111. The molecule has 5 nitrogen and oxygen atoms in total. The van der Waals surface area contributed by atoms with Crippen molar-refractivity contribution in [1.29, 1.82) is 0 Å². The zero-order valence-corrected chi connectivity index (χ0v) is 17.4. The molecule has 0 saturated carbocycles. The first-order chi connectivity index (χ1) is 13.4. The third-order valence-electron chi connectivity index (χ3n) is 4.07. The lowest BCUT2D eigenvalue weighted by Gasteiger charge is -2.08. The highest BCUT2D eigenvalue weighted by atomic mass is 35.5. The van der Waals surface area contributed by atoms with Crippen LogP contribution in [0.4, 0.5) is 5.69 Å². The van der Waals surface area contributed by atoms with Crippen molar-refractivity contribution in [3.63, 3.8) is 0 Å². The third kappa shape index (κ3) is 7.11. The molecule has 2 N–H and O–H groups in total. The summed E-state index contributed by atoms with van der Waals surface area (Å²) in [5.41, 5.74) is 1.25. The SMILES string of the molecule is CCCCCCNS(=O)(=O)c1ccc(NC(=O)/C=C/c2ccccc2Cl)cc1. The average molecular weight is 421 g/mol. The van der Waals surface area contributed by atoms with Gasteiger partial charge in [0, 0.05) is 23.3 Å². The van der Waals surface area contributed by atoms with Crippen LogP contribution in [-0.2, 0) is 14.8 Å². The van der Waals surface area contributed by atoms with Crippen LogP contribution in [0.25, 0.3) is 6.08 Å². The van der Waals surface area contributed by atoms with Gasteiger partial charge in [0.05, 0.1) is 4.90 Å². The highest BCUT2D eigenvalue weighted by Crippen LogP contribution is 2.17. The van der Waals surface area contributed by atoms with Gasteiger partial charge in [0.25, 0.3) is 0 Å². The highest BCUT2D eigenvalue weighted by molar-refractivity contribution is 7.89. The monoisotopic (exact) mass is 420 g/mol. The molecule has 0 aromatic heterocycles. The van der Waals surface area contributed by atoms with Crippen molar-refractivity contribution in [1.82, 2.24) is 4.72 Å². The molecule has 0 aliphatic heterocycles. The molecular weight excluding hydrogens is 396 g/mol. The van der Waals surface area contributed by atoms with Crippen LogP contribution in [0.15, 0.2) is 59.5 Å². The van der Waals surface area contributed by atoms with Crippen molar-refractivity contribution >= 4 is 39.3 Å². The minimum Gasteiger partial charge on any atom is -0.323 e. The summed E-state index contributed by atoms with van der Waals surface area (Å²) in [4.78, 5) is 12.2. The number of unbranched alkanes of at least 4 members (excludes halogenated alkanes) is 3. The normalized spacial score (nSPS) is 11.6. The van der Waals surface area contributed by atoms with Gasteiger partial charge in [0.1, 0.15) is 0 Å². The summed E-state index contributed by atoms with van der Waals surface area (Å²) in [6.07, 6.45) is 7.03. The number of carbonyl (C=O) groups is 1. The van der Waals surface area contributed by atoms with Crippen LogP contribution in [0.5, 0.6) is 0 Å². The molecule has 0 unspecified atom stereocenters. The Balaban J connectivity index is 1.91. The zero-order valence-electron chi connectivity index (χ0n) is 15.8. The van der Waals surface area contributed by atoms with Crippen molar-refractivity contribution in [2.24, 2.45) is 0 Å². The molecule has 0 atom stereocenters. The van der Waals surface area contributed by atoms with Gasteiger partial charge in [0.2, 0.25) is 15.9 Å². The number of carbonyl (C=O) groups excluding carboxylic acids is 1. The Morgan fingerprint density at radius 1 is 1.04 bits per heavy atom. The molecule has 0 saturated heterocycles. The molecule has 0 fully saturated rings. The maximum Gasteiger partial charge on any atom is 0.248 e. The standard InChI is InChI=1S/C21H25ClN2O3S/c1-2-3-4-7-16-23-28(26,27)19-13-11-18(12-14-19)24-21(25)15-10-17-8-5-6-9-20(17)22/h5-6,8-15,23H,2-4,7,16H2,1H3,(H,24,25)/b15-10+. The molecule has 2 rings (SSSR count). The molecule has 150 valence electrons. The molecule has 0 radical (unpaired) electrons. The number of halogens is 1. The minimum absolute atomic E-state index is 0.174. The summed E-state index contributed by atoms with van der Waals surface area (Å²) < 4.78 is 27.1. The molecule has 0 bridgehead atoms. The Morgan fingerprint density at radius 3 is 2.43 bits per heavy atom. The molecule has 0 aliphatic rings. The molecule has 0 spiro atoms. The van der Waals surface area contributed by atoms with Crippen molar-refractivity contribution in [3.05, 3.63) is 65.2 Å². The van der Waals surface area contributed by atoms with Crippen LogP contribution in [0.1, 0.15) is 38.2 Å². The lowest BCUT2D eigenvalue weighted by atomic mass is 10.2. The lowest BCUT2D eigenvalue weighted by Crippen LogP contribution is -2.24. The predicted octanol–water partition coefficient (Wildman–Crippen LogP) is 4.85. The average Bonchev–Trinajstić information content (AvgIpc) is 2.67. The Morgan fingerprint density at radius 2 is 1.75 bits per heavy atom. The number of benzene rings is 2. The van der Waals surface area contributed by atoms with E-state index in [1.807, 2.05) is 12.1 Å². The number of hydrogen-bond acceptors (Lipinski definition) is 3. The van der Waals surface area contributed by atoms with Gasteiger partial charge in [-0.1, -0.05) is 56.0 Å². The maximum absolute atomic E-state index is 12.3. The number of sulfonamides is 1. The van der Waals surface area contributed by atoms with Gasteiger partial charge in [-0.2, -0.15) is 0 Å². The second kappa shape index (κ2) is 11.0. The van der Waals surface area contributed by atoms with Gasteiger partial charge < -0.3 is 5.32 Å². The van der Waals surface area contributed by atoms with E-state index in [0.29, 0.717) is 17.3 Å². The van der Waals surface area contributed by atoms with Gasteiger partial charge in [-0.3, -0.25) is 4.79 Å². The van der Waals surface area contributed by atoms with Crippen molar-refractivity contribution in [3.8, 4) is 0 Å². The molecule has 28 heavy (non-hydrogen) atoms. The van der Waals surface area contributed by atoms with Crippen molar-refractivity contribution in [2.75, 3.05) is 11.9 Å². The van der Waals surface area contributed by atoms with E-state index in [1.165, 1.54) is 18.2 Å². The van der Waals surface area contributed by atoms with E-state index < -0.39 is 10.0 Å². The number of anilines is 1. The predicted molar refractivity (Wildman–Crippen MR) is 115 cm³/mol. The molecule has 7 heteroatoms. The van der Waals surface area contributed by atoms with E-state index in [1.54, 1.807) is 30.3 Å². The number of amides is 1. The Hall–Kier alpha value is -2.15. The van der Waals surface area contributed by atoms with Crippen LogP contribution in [-0.4, -0.2) is 20.9 Å². The second-order valence-corrected chi connectivity index (χ2v) is 8.50. The van der Waals surface area contributed by atoms with Crippen molar-refractivity contribution in [2.45, 2.75) is 37.5 Å². The van der Waals surface area contributed by atoms with Gasteiger partial charge in [-0.25, -0.2) is 13.1 Å². The summed E-state index contributed by atoms with van der Waals surface area (Å²) in [6, 6.07) is 13.3. The number of hydrogen-bond donors (Lipinski definition) is 2. The van der Waals surface area contributed by atoms with Gasteiger partial charge in [-0.15, -0.1) is 0 Å². The van der Waals surface area contributed by atoms with E-state index >= 15 is 0 Å². The van der Waals surface area contributed by atoms with Crippen LogP contribution in [0.2, 0.25) is 5.02 Å². The minimum atomic E-state index is -3.54. The molecule has 0 heterocycles. The fraction of sp³-hybridized carbons (Fsp3) is 0.286. The number of rotatable bonds is 10. The number of nitrogens with one attached hydrogen (secondary N) is 2. The van der Waals surface area contributed by atoms with E-state index in [2.05, 4.69) is 17.0 Å².